The van der Waals surface area contributed by atoms with Gasteiger partial charge in [0.2, 0.25) is 0 Å². The van der Waals surface area contributed by atoms with Crippen molar-refractivity contribution in [1.29, 1.82) is 0 Å². The van der Waals surface area contributed by atoms with Crippen LogP contribution >= 0.6 is 7.60 Å². The van der Waals surface area contributed by atoms with Crippen LogP contribution in [0, 0.1) is 6.92 Å². The van der Waals surface area contributed by atoms with Crippen LogP contribution < -0.4 is 9.26 Å². The summed E-state index contributed by atoms with van der Waals surface area (Å²) in [4.78, 5) is 21.3. The topological polar surface area (TPSA) is 72.8 Å². The molecule has 0 aliphatic heterocycles. The molecule has 0 aliphatic carbocycles. The van der Waals surface area contributed by atoms with Crippen molar-refractivity contribution in [3.63, 3.8) is 0 Å². The quantitative estimate of drug-likeness (QED) is 0.869. The van der Waals surface area contributed by atoms with Gasteiger partial charge in [-0.05, 0) is 31.2 Å². The zero-order chi connectivity index (χ0) is 14.6. The van der Waals surface area contributed by atoms with E-state index in [-0.39, 0.29) is 11.5 Å². The molecule has 0 amide bonds. The summed E-state index contributed by atoms with van der Waals surface area (Å²) in [5.41, 5.74) is -0.346. The summed E-state index contributed by atoms with van der Waals surface area (Å²) < 4.78 is 21.5. The molecule has 2 rings (SSSR count). The number of benzene rings is 2. The maximum absolute atomic E-state index is 11.8. The molecule has 20 heavy (non-hydrogen) atoms. The summed E-state index contributed by atoms with van der Waals surface area (Å²) in [7, 11) is -4.55. The summed E-state index contributed by atoms with van der Waals surface area (Å²) in [6.45, 7) is 1.87. The minimum absolute atomic E-state index is 0.131. The molecule has 0 saturated carbocycles. The zero-order valence-corrected chi connectivity index (χ0v) is 11.6. The van der Waals surface area contributed by atoms with Crippen molar-refractivity contribution in [3.8, 4) is 11.5 Å². The number of hydrogen-bond donors (Lipinski definition) is 1. The summed E-state index contributed by atoms with van der Waals surface area (Å²) in [6, 6.07) is 14.5. The Morgan fingerprint density at radius 3 is 2.20 bits per heavy atom. The first kappa shape index (κ1) is 14.3. The van der Waals surface area contributed by atoms with E-state index in [4.69, 9.17) is 9.26 Å². The van der Waals surface area contributed by atoms with Crippen LogP contribution in [0.3, 0.4) is 0 Å². The number of aryl methyl sites for hydroxylation is 1. The Balaban J connectivity index is 2.08. The number of para-hydroxylation sites is 1. The van der Waals surface area contributed by atoms with Gasteiger partial charge in [-0.3, -0.25) is 0 Å². The zero-order valence-electron chi connectivity index (χ0n) is 10.7. The molecule has 0 aliphatic rings. The van der Waals surface area contributed by atoms with E-state index in [1.54, 1.807) is 30.3 Å². The molecule has 5 nitrogen and oxygen atoms in total. The third-order valence-corrected chi connectivity index (χ3v) is 3.44. The maximum atomic E-state index is 11.8. The molecule has 6 heteroatoms. The first-order valence-electron chi connectivity index (χ1n) is 5.84. The van der Waals surface area contributed by atoms with Gasteiger partial charge in [0, 0.05) is 0 Å². The SMILES string of the molecule is Cc1ccc(OP(=O)(O)C(=O)Oc2ccccc2)cc1. The molecule has 0 saturated heterocycles. The minimum Gasteiger partial charge on any atom is -0.417 e. The Morgan fingerprint density at radius 2 is 1.60 bits per heavy atom. The second kappa shape index (κ2) is 5.90. The van der Waals surface area contributed by atoms with E-state index < -0.39 is 13.3 Å². The Bertz CT molecular complexity index is 636. The van der Waals surface area contributed by atoms with E-state index in [1.807, 2.05) is 6.92 Å². The number of hydrogen-bond acceptors (Lipinski definition) is 4. The summed E-state index contributed by atoms with van der Waals surface area (Å²) in [5, 5.41) is 0. The fraction of sp³-hybridized carbons (Fsp3) is 0.0714. The lowest BCUT2D eigenvalue weighted by molar-refractivity contribution is 0.214. The lowest BCUT2D eigenvalue weighted by Crippen LogP contribution is -2.10. The van der Waals surface area contributed by atoms with Gasteiger partial charge in [0.1, 0.15) is 11.5 Å². The van der Waals surface area contributed by atoms with Gasteiger partial charge in [-0.25, -0.2) is 9.36 Å². The number of rotatable bonds is 4. The predicted molar refractivity (Wildman–Crippen MR) is 74.1 cm³/mol. The second-order valence-corrected chi connectivity index (χ2v) is 5.69. The molecule has 0 spiro atoms. The van der Waals surface area contributed by atoms with Crippen LogP contribution in [0.25, 0.3) is 0 Å². The van der Waals surface area contributed by atoms with Gasteiger partial charge in [-0.1, -0.05) is 35.9 Å². The molecule has 0 radical (unpaired) electrons. The van der Waals surface area contributed by atoms with E-state index in [2.05, 4.69) is 0 Å². The van der Waals surface area contributed by atoms with E-state index in [0.29, 0.717) is 0 Å². The Kier molecular flexibility index (Phi) is 4.23. The van der Waals surface area contributed by atoms with Crippen LogP contribution in [0.1, 0.15) is 5.56 Å². The van der Waals surface area contributed by atoms with Crippen LogP contribution in [0.15, 0.2) is 54.6 Å². The first-order valence-corrected chi connectivity index (χ1v) is 7.41. The molecule has 2 aromatic carbocycles. The summed E-state index contributed by atoms with van der Waals surface area (Å²) in [5.74, 6) is 0.311. The molecule has 0 aromatic heterocycles. The fourth-order valence-electron chi connectivity index (χ4n) is 1.43. The molecule has 2 aromatic rings. The largest absolute Gasteiger partial charge is 0.485 e. The van der Waals surface area contributed by atoms with Crippen LogP contribution in [0.4, 0.5) is 4.79 Å². The third-order valence-electron chi connectivity index (χ3n) is 2.43. The molecular weight excluding hydrogens is 279 g/mol. The molecule has 1 unspecified atom stereocenters. The summed E-state index contributed by atoms with van der Waals surface area (Å²) in [6.07, 6.45) is 0. The highest BCUT2D eigenvalue weighted by atomic mass is 31.2. The fourth-order valence-corrected chi connectivity index (χ4v) is 2.13. The van der Waals surface area contributed by atoms with Crippen LogP contribution in [0.2, 0.25) is 0 Å². The monoisotopic (exact) mass is 292 g/mol. The molecule has 0 fully saturated rings. The van der Waals surface area contributed by atoms with Crippen molar-refractivity contribution in [3.05, 3.63) is 60.2 Å². The van der Waals surface area contributed by atoms with E-state index in [0.717, 1.165) is 5.56 Å². The minimum atomic E-state index is -4.55. The van der Waals surface area contributed by atoms with Gasteiger partial charge in [0.05, 0.1) is 0 Å². The molecule has 0 bridgehead atoms. The van der Waals surface area contributed by atoms with Gasteiger partial charge in [-0.2, -0.15) is 0 Å². The van der Waals surface area contributed by atoms with Crippen molar-refractivity contribution in [2.45, 2.75) is 6.92 Å². The van der Waals surface area contributed by atoms with E-state index in [9.17, 15) is 14.3 Å². The van der Waals surface area contributed by atoms with E-state index >= 15 is 0 Å². The standard InChI is InChI=1S/C14H13O5P/c1-11-7-9-13(10-8-11)19-20(16,17)14(15)18-12-5-3-2-4-6-12/h2-10H,1H3,(H,16,17). The van der Waals surface area contributed by atoms with Crippen LogP contribution in [-0.4, -0.2) is 10.6 Å². The van der Waals surface area contributed by atoms with E-state index in [1.165, 1.54) is 24.3 Å². The van der Waals surface area contributed by atoms with Crippen molar-refractivity contribution in [1.82, 2.24) is 0 Å². The third kappa shape index (κ3) is 3.70. The number of carbonyl (C=O) groups is 1. The molecule has 1 N–H and O–H groups in total. The Labute approximate surface area is 116 Å². The lowest BCUT2D eigenvalue weighted by Gasteiger charge is -2.12. The molecule has 104 valence electrons. The maximum Gasteiger partial charge on any atom is 0.485 e. The predicted octanol–water partition coefficient (Wildman–Crippen LogP) is 3.76. The number of ether oxygens (including phenoxy) is 1. The Hall–Kier alpha value is -2.10. The van der Waals surface area contributed by atoms with Gasteiger partial charge in [0.25, 0.3) is 0 Å². The van der Waals surface area contributed by atoms with Gasteiger partial charge < -0.3 is 14.2 Å². The highest BCUT2D eigenvalue weighted by Gasteiger charge is 2.35. The van der Waals surface area contributed by atoms with Crippen molar-refractivity contribution < 1.29 is 23.5 Å². The van der Waals surface area contributed by atoms with Crippen LogP contribution in [0.5, 0.6) is 11.5 Å². The first-order chi connectivity index (χ1) is 9.47. The smallest absolute Gasteiger partial charge is 0.417 e. The Morgan fingerprint density at radius 1 is 1.00 bits per heavy atom. The lowest BCUT2D eigenvalue weighted by atomic mass is 10.2. The summed E-state index contributed by atoms with van der Waals surface area (Å²) >= 11 is 0. The van der Waals surface area contributed by atoms with Crippen molar-refractivity contribution in [2.24, 2.45) is 0 Å². The number of carbonyl (C=O) groups excluding carboxylic acids is 1. The molecular formula is C14H13O5P. The van der Waals surface area contributed by atoms with Crippen molar-refractivity contribution >= 4 is 13.3 Å². The molecule has 1 atom stereocenters. The average Bonchev–Trinajstić information content (AvgIpc) is 2.42. The van der Waals surface area contributed by atoms with Gasteiger partial charge in [-0.15, -0.1) is 0 Å². The van der Waals surface area contributed by atoms with Gasteiger partial charge in [0.15, 0.2) is 0 Å². The van der Waals surface area contributed by atoms with Crippen LogP contribution in [-0.2, 0) is 4.57 Å². The molecule has 0 heterocycles. The highest BCUT2D eigenvalue weighted by Crippen LogP contribution is 2.44. The average molecular weight is 292 g/mol. The van der Waals surface area contributed by atoms with Crippen molar-refractivity contribution in [2.75, 3.05) is 0 Å². The normalized spacial score (nSPS) is 13.3. The van der Waals surface area contributed by atoms with Gasteiger partial charge >= 0.3 is 13.3 Å². The second-order valence-electron chi connectivity index (χ2n) is 4.11. The highest BCUT2D eigenvalue weighted by molar-refractivity contribution is 7.70.